The molecular weight excluding hydrogens is 535 g/mol. The zero-order chi connectivity index (χ0) is 27.8. The first-order chi connectivity index (χ1) is 17.9. The predicted molar refractivity (Wildman–Crippen MR) is 123 cm³/mol. The molecule has 1 aromatic heterocycles. The average Bonchev–Trinajstić information content (AvgIpc) is 2.82. The van der Waals surface area contributed by atoms with Crippen LogP contribution in [0.3, 0.4) is 0 Å². The number of amides is 1. The van der Waals surface area contributed by atoms with E-state index < -0.39 is 68.7 Å². The number of hydrogen-bond donors (Lipinski definition) is 2. The number of rotatable bonds is 6. The summed E-state index contributed by atoms with van der Waals surface area (Å²) in [6.45, 7) is 0.922. The Morgan fingerprint density at radius 2 is 1.89 bits per heavy atom. The summed E-state index contributed by atoms with van der Waals surface area (Å²) in [5.41, 5.74) is -4.41. The number of anilines is 1. The lowest BCUT2D eigenvalue weighted by atomic mass is 9.65. The Kier molecular flexibility index (Phi) is 7.18. The Morgan fingerprint density at radius 3 is 2.47 bits per heavy atom. The van der Waals surface area contributed by atoms with Gasteiger partial charge in [0.25, 0.3) is 11.8 Å². The van der Waals surface area contributed by atoms with Crippen LogP contribution in [-0.4, -0.2) is 24.9 Å². The molecule has 4 rings (SSSR count). The second-order valence-electron chi connectivity index (χ2n) is 8.47. The van der Waals surface area contributed by atoms with Gasteiger partial charge in [0.05, 0.1) is 16.4 Å². The number of nitrogens with one attached hydrogen (secondary N) is 1. The maximum atomic E-state index is 15.0. The second kappa shape index (κ2) is 10.1. The first kappa shape index (κ1) is 27.1. The maximum Gasteiger partial charge on any atom is 0.435 e. The smallest absolute Gasteiger partial charge is 0.434 e. The van der Waals surface area contributed by atoms with Crippen molar-refractivity contribution in [3.05, 3.63) is 70.4 Å². The summed E-state index contributed by atoms with van der Waals surface area (Å²) in [5.74, 6) is -5.71. The van der Waals surface area contributed by atoms with Crippen molar-refractivity contribution in [1.29, 1.82) is 5.26 Å². The molecule has 38 heavy (non-hydrogen) atoms. The summed E-state index contributed by atoms with van der Waals surface area (Å²) in [4.78, 5) is 13.0. The summed E-state index contributed by atoms with van der Waals surface area (Å²) in [7, 11) is 0. The van der Waals surface area contributed by atoms with Gasteiger partial charge in [0.2, 0.25) is 5.82 Å². The summed E-state index contributed by atoms with van der Waals surface area (Å²) in [6.07, 6.45) is -3.69. The molecule has 3 aromatic rings. The Labute approximate surface area is 214 Å². The molecule has 1 aliphatic carbocycles. The average molecular weight is 552 g/mol. The van der Waals surface area contributed by atoms with Gasteiger partial charge < -0.3 is 14.6 Å². The van der Waals surface area contributed by atoms with Crippen LogP contribution in [0.2, 0.25) is 0 Å². The fourth-order valence-electron chi connectivity index (χ4n) is 4.04. The van der Waals surface area contributed by atoms with Gasteiger partial charge in [-0.3, -0.25) is 4.79 Å². The molecular formula is C24H17F5N4O4S. The highest BCUT2D eigenvalue weighted by atomic mass is 32.2. The van der Waals surface area contributed by atoms with Gasteiger partial charge in [0.15, 0.2) is 28.3 Å². The van der Waals surface area contributed by atoms with E-state index in [0.29, 0.717) is 19.3 Å². The third-order valence-electron chi connectivity index (χ3n) is 6.16. The topological polar surface area (TPSA) is 125 Å². The zero-order valence-corrected chi connectivity index (χ0v) is 20.2. The van der Waals surface area contributed by atoms with E-state index in [1.807, 2.05) is 6.07 Å². The quantitative estimate of drug-likeness (QED) is 0.299. The predicted octanol–water partition coefficient (Wildman–Crippen LogP) is 5.65. The van der Waals surface area contributed by atoms with Gasteiger partial charge in [0.1, 0.15) is 5.56 Å². The highest BCUT2D eigenvalue weighted by molar-refractivity contribution is 7.79. The fraction of sp³-hybridized carbons (Fsp3) is 0.250. The maximum absolute atomic E-state index is 15.0. The summed E-state index contributed by atoms with van der Waals surface area (Å²) in [6, 6.07) is 9.14. The first-order valence-corrected chi connectivity index (χ1v) is 12.0. The number of carbonyl (C=O) groups is 1. The van der Waals surface area contributed by atoms with Crippen LogP contribution in [0.4, 0.5) is 27.6 Å². The summed E-state index contributed by atoms with van der Waals surface area (Å²) in [5, 5.41) is 18.1. The van der Waals surface area contributed by atoms with Crippen molar-refractivity contribution in [1.82, 2.24) is 10.2 Å². The molecule has 1 aliphatic rings. The Hall–Kier alpha value is -3.96. The van der Waals surface area contributed by atoms with Crippen LogP contribution in [0.1, 0.15) is 46.4 Å². The SMILES string of the molecule is Cc1c(C(F)(F)F)nnc(Oc2ccc(C3(C#N)CCC3)c(F)c2F)c1C(=O)Nc1cccc(S(=O)O)c1. The van der Waals surface area contributed by atoms with Gasteiger partial charge in [0, 0.05) is 11.3 Å². The number of alkyl halides is 3. The minimum atomic E-state index is -5.01. The third kappa shape index (κ3) is 4.94. The minimum Gasteiger partial charge on any atom is -0.434 e. The largest absolute Gasteiger partial charge is 0.435 e. The van der Waals surface area contributed by atoms with Crippen molar-refractivity contribution >= 4 is 22.7 Å². The van der Waals surface area contributed by atoms with E-state index in [2.05, 4.69) is 15.5 Å². The van der Waals surface area contributed by atoms with Gasteiger partial charge in [-0.15, -0.1) is 10.2 Å². The van der Waals surface area contributed by atoms with Crippen LogP contribution in [0.15, 0.2) is 41.3 Å². The van der Waals surface area contributed by atoms with E-state index >= 15 is 0 Å². The molecule has 2 aromatic carbocycles. The van der Waals surface area contributed by atoms with Crippen molar-refractivity contribution in [3.8, 4) is 17.7 Å². The second-order valence-corrected chi connectivity index (χ2v) is 9.44. The molecule has 1 unspecified atom stereocenters. The van der Waals surface area contributed by atoms with Gasteiger partial charge in [-0.2, -0.15) is 22.8 Å². The third-order valence-corrected chi connectivity index (χ3v) is 6.82. The molecule has 1 saturated carbocycles. The zero-order valence-electron chi connectivity index (χ0n) is 19.4. The number of halogens is 5. The van der Waals surface area contributed by atoms with E-state index in [1.165, 1.54) is 18.2 Å². The molecule has 1 fully saturated rings. The van der Waals surface area contributed by atoms with Gasteiger partial charge >= 0.3 is 6.18 Å². The highest BCUT2D eigenvalue weighted by Gasteiger charge is 2.42. The van der Waals surface area contributed by atoms with Crippen LogP contribution in [0.5, 0.6) is 11.6 Å². The van der Waals surface area contributed by atoms with E-state index in [-0.39, 0.29) is 16.1 Å². The molecule has 14 heteroatoms. The molecule has 0 radical (unpaired) electrons. The van der Waals surface area contributed by atoms with Crippen LogP contribution in [-0.2, 0) is 22.7 Å². The standard InChI is InChI=1S/C24H17F5N4O4S/c1-12-17(21(34)31-13-4-2-5-14(10-13)38(35)36)22(33-32-20(12)24(27,28)29)37-16-7-6-15(18(25)19(16)26)23(11-30)8-3-9-23/h2,4-7,10H,3,8-9H2,1H3,(H,31,34)(H,35,36). The molecule has 0 aliphatic heterocycles. The minimum absolute atomic E-state index is 0.0468. The Bertz CT molecular complexity index is 1500. The molecule has 1 atom stereocenters. The van der Waals surface area contributed by atoms with E-state index in [4.69, 9.17) is 4.74 Å². The number of benzene rings is 2. The van der Waals surface area contributed by atoms with Crippen LogP contribution in [0.25, 0.3) is 0 Å². The summed E-state index contributed by atoms with van der Waals surface area (Å²) >= 11 is -2.40. The molecule has 0 saturated heterocycles. The van der Waals surface area contributed by atoms with Crippen LogP contribution >= 0.6 is 0 Å². The summed E-state index contributed by atoms with van der Waals surface area (Å²) < 4.78 is 96.1. The Balaban J connectivity index is 1.76. The molecule has 8 nitrogen and oxygen atoms in total. The van der Waals surface area contributed by atoms with E-state index in [0.717, 1.165) is 25.1 Å². The van der Waals surface area contributed by atoms with E-state index in [1.54, 1.807) is 0 Å². The lowest BCUT2D eigenvalue weighted by Crippen LogP contribution is -2.33. The van der Waals surface area contributed by atoms with Crippen LogP contribution in [0, 0.1) is 29.9 Å². The van der Waals surface area contributed by atoms with Crippen molar-refractivity contribution in [2.75, 3.05) is 5.32 Å². The van der Waals surface area contributed by atoms with Crippen molar-refractivity contribution < 1.29 is 40.2 Å². The number of carbonyl (C=O) groups excluding carboxylic acids is 1. The molecule has 1 amide bonds. The Morgan fingerprint density at radius 1 is 1.18 bits per heavy atom. The number of aromatic nitrogens is 2. The molecule has 1 heterocycles. The first-order valence-electron chi connectivity index (χ1n) is 10.9. The molecule has 2 N–H and O–H groups in total. The van der Waals surface area contributed by atoms with Crippen molar-refractivity contribution in [3.63, 3.8) is 0 Å². The lowest BCUT2D eigenvalue weighted by Gasteiger charge is -2.35. The lowest BCUT2D eigenvalue weighted by molar-refractivity contribution is -0.142. The number of hydrogen-bond acceptors (Lipinski definition) is 6. The van der Waals surface area contributed by atoms with E-state index in [9.17, 15) is 40.8 Å². The molecule has 0 bridgehead atoms. The van der Waals surface area contributed by atoms with Crippen LogP contribution < -0.4 is 10.1 Å². The number of nitrogens with zero attached hydrogens (tertiary/aromatic N) is 3. The molecule has 0 spiro atoms. The molecule has 198 valence electrons. The highest BCUT2D eigenvalue weighted by Crippen LogP contribution is 2.45. The normalized spacial score (nSPS) is 15.2. The number of ether oxygens (including phenoxy) is 1. The fourth-order valence-corrected chi connectivity index (χ4v) is 4.46. The van der Waals surface area contributed by atoms with Crippen molar-refractivity contribution in [2.24, 2.45) is 0 Å². The number of nitriles is 1. The van der Waals surface area contributed by atoms with Gasteiger partial charge in [-0.1, -0.05) is 12.1 Å². The van der Waals surface area contributed by atoms with Gasteiger partial charge in [-0.05, 0) is 56.0 Å². The van der Waals surface area contributed by atoms with Gasteiger partial charge in [-0.25, -0.2) is 8.60 Å². The van der Waals surface area contributed by atoms with Crippen molar-refractivity contribution in [2.45, 2.75) is 42.7 Å². The monoisotopic (exact) mass is 552 g/mol.